The Balaban J connectivity index is 0.00000256. The highest BCUT2D eigenvalue weighted by molar-refractivity contribution is 5.85. The highest BCUT2D eigenvalue weighted by Crippen LogP contribution is 2.09. The van der Waals surface area contributed by atoms with Gasteiger partial charge in [0, 0.05) is 5.69 Å². The first kappa shape index (κ1) is 15.3. The molecule has 0 radical (unpaired) electrons. The molecule has 1 aromatic rings. The fourth-order valence-corrected chi connectivity index (χ4v) is 1.15. The molecule has 0 aliphatic carbocycles. The molecule has 0 aliphatic rings. The van der Waals surface area contributed by atoms with E-state index in [0.717, 1.165) is 5.69 Å². The standard InChI is InChI=1S/C12H16N2O2.ClH/c1-3-16-12(15)8-11(13)14-10-6-4-9(2)5-7-10;/h4-8,14H,3,13H2,1-2H3;1H/b11-8-;. The van der Waals surface area contributed by atoms with Crippen molar-refractivity contribution >= 4 is 24.1 Å². The molecular weight excluding hydrogens is 240 g/mol. The van der Waals surface area contributed by atoms with E-state index >= 15 is 0 Å². The van der Waals surface area contributed by atoms with Crippen LogP contribution in [0, 0.1) is 6.92 Å². The van der Waals surface area contributed by atoms with Crippen molar-refractivity contribution in [3.8, 4) is 0 Å². The number of nitrogens with two attached hydrogens (primary N) is 1. The average molecular weight is 257 g/mol. The van der Waals surface area contributed by atoms with E-state index in [1.165, 1.54) is 11.6 Å². The molecule has 0 amide bonds. The Morgan fingerprint density at radius 2 is 2.00 bits per heavy atom. The number of hydrogen-bond donors (Lipinski definition) is 2. The van der Waals surface area contributed by atoms with Crippen LogP contribution < -0.4 is 11.1 Å². The summed E-state index contributed by atoms with van der Waals surface area (Å²) in [6, 6.07) is 7.70. The SMILES string of the molecule is CCOC(=O)/C=C(/N)Nc1ccc(C)cc1.Cl. The van der Waals surface area contributed by atoms with Crippen molar-refractivity contribution in [3.63, 3.8) is 0 Å². The lowest BCUT2D eigenvalue weighted by atomic mass is 10.2. The second kappa shape index (κ2) is 7.57. The molecule has 0 atom stereocenters. The van der Waals surface area contributed by atoms with Gasteiger partial charge in [-0.15, -0.1) is 12.4 Å². The van der Waals surface area contributed by atoms with E-state index in [9.17, 15) is 4.79 Å². The van der Waals surface area contributed by atoms with Crippen LogP contribution in [0.15, 0.2) is 36.2 Å². The van der Waals surface area contributed by atoms with E-state index in [1.807, 2.05) is 31.2 Å². The van der Waals surface area contributed by atoms with Crippen molar-refractivity contribution < 1.29 is 9.53 Å². The first-order chi connectivity index (χ1) is 7.61. The summed E-state index contributed by atoms with van der Waals surface area (Å²) in [6.45, 7) is 4.09. The zero-order valence-corrected chi connectivity index (χ0v) is 10.7. The van der Waals surface area contributed by atoms with Gasteiger partial charge in [-0.05, 0) is 26.0 Å². The van der Waals surface area contributed by atoms with Gasteiger partial charge in [-0.25, -0.2) is 4.79 Å². The van der Waals surface area contributed by atoms with Gasteiger partial charge >= 0.3 is 5.97 Å². The van der Waals surface area contributed by atoms with Crippen LogP contribution in [0.1, 0.15) is 12.5 Å². The summed E-state index contributed by atoms with van der Waals surface area (Å²) in [4.78, 5) is 11.1. The number of rotatable bonds is 4. The van der Waals surface area contributed by atoms with E-state index < -0.39 is 5.97 Å². The van der Waals surface area contributed by atoms with Gasteiger partial charge in [0.2, 0.25) is 0 Å². The molecule has 0 spiro atoms. The van der Waals surface area contributed by atoms with E-state index in [0.29, 0.717) is 6.61 Å². The first-order valence-corrected chi connectivity index (χ1v) is 5.09. The van der Waals surface area contributed by atoms with Crippen molar-refractivity contribution in [2.75, 3.05) is 11.9 Å². The second-order valence-electron chi connectivity index (χ2n) is 3.34. The number of esters is 1. The molecular formula is C12H17ClN2O2. The van der Waals surface area contributed by atoms with Crippen LogP contribution in [0.2, 0.25) is 0 Å². The Morgan fingerprint density at radius 3 is 2.53 bits per heavy atom. The topological polar surface area (TPSA) is 64.3 Å². The molecule has 17 heavy (non-hydrogen) atoms. The highest BCUT2D eigenvalue weighted by Gasteiger charge is 1.99. The second-order valence-corrected chi connectivity index (χ2v) is 3.34. The molecule has 0 heterocycles. The van der Waals surface area contributed by atoms with Gasteiger partial charge in [-0.1, -0.05) is 17.7 Å². The van der Waals surface area contributed by atoms with Crippen LogP contribution in [0.4, 0.5) is 5.69 Å². The molecule has 1 rings (SSSR count). The largest absolute Gasteiger partial charge is 0.463 e. The fraction of sp³-hybridized carbons (Fsp3) is 0.250. The summed E-state index contributed by atoms with van der Waals surface area (Å²) < 4.78 is 4.73. The van der Waals surface area contributed by atoms with Crippen LogP contribution in [0.5, 0.6) is 0 Å². The predicted octanol–water partition coefficient (Wildman–Crippen LogP) is 2.19. The number of ether oxygens (including phenoxy) is 1. The summed E-state index contributed by atoms with van der Waals surface area (Å²) in [7, 11) is 0. The Labute approximate surface area is 107 Å². The fourth-order valence-electron chi connectivity index (χ4n) is 1.15. The third kappa shape index (κ3) is 5.82. The Kier molecular flexibility index (Phi) is 6.82. The molecule has 0 saturated carbocycles. The third-order valence-corrected chi connectivity index (χ3v) is 1.90. The van der Waals surface area contributed by atoms with Crippen molar-refractivity contribution in [2.24, 2.45) is 5.73 Å². The molecule has 5 heteroatoms. The molecule has 0 saturated heterocycles. The van der Waals surface area contributed by atoms with Crippen LogP contribution >= 0.6 is 12.4 Å². The number of benzene rings is 1. The molecule has 4 nitrogen and oxygen atoms in total. The third-order valence-electron chi connectivity index (χ3n) is 1.90. The molecule has 94 valence electrons. The zero-order valence-electron chi connectivity index (χ0n) is 9.90. The number of nitrogens with one attached hydrogen (secondary N) is 1. The monoisotopic (exact) mass is 256 g/mol. The molecule has 0 aromatic heterocycles. The summed E-state index contributed by atoms with van der Waals surface area (Å²) in [5.41, 5.74) is 7.63. The van der Waals surface area contributed by atoms with E-state index in [2.05, 4.69) is 5.32 Å². The van der Waals surface area contributed by atoms with Gasteiger partial charge < -0.3 is 15.8 Å². The quantitative estimate of drug-likeness (QED) is 0.640. The maximum absolute atomic E-state index is 11.1. The summed E-state index contributed by atoms with van der Waals surface area (Å²) in [5, 5.41) is 2.90. The van der Waals surface area contributed by atoms with E-state index in [-0.39, 0.29) is 18.2 Å². The van der Waals surface area contributed by atoms with Crippen molar-refractivity contribution in [1.82, 2.24) is 0 Å². The maximum Gasteiger partial charge on any atom is 0.334 e. The van der Waals surface area contributed by atoms with E-state index in [4.69, 9.17) is 10.5 Å². The zero-order chi connectivity index (χ0) is 12.0. The minimum absolute atomic E-state index is 0. The predicted molar refractivity (Wildman–Crippen MR) is 71.0 cm³/mol. The number of carbonyl (C=O) groups is 1. The normalized spacial score (nSPS) is 10.4. The molecule has 3 N–H and O–H groups in total. The molecule has 0 fully saturated rings. The lowest BCUT2D eigenvalue weighted by Crippen LogP contribution is -2.12. The van der Waals surface area contributed by atoms with Crippen LogP contribution in [0.25, 0.3) is 0 Å². The lowest BCUT2D eigenvalue weighted by molar-refractivity contribution is -0.137. The number of anilines is 1. The van der Waals surface area contributed by atoms with Gasteiger partial charge in [-0.2, -0.15) is 0 Å². The van der Waals surface area contributed by atoms with Gasteiger partial charge in [0.15, 0.2) is 0 Å². The molecule has 0 aliphatic heterocycles. The lowest BCUT2D eigenvalue weighted by Gasteiger charge is -2.06. The first-order valence-electron chi connectivity index (χ1n) is 5.09. The average Bonchev–Trinajstić information content (AvgIpc) is 2.21. The molecule has 0 bridgehead atoms. The van der Waals surface area contributed by atoms with E-state index in [1.54, 1.807) is 6.92 Å². The van der Waals surface area contributed by atoms with Crippen molar-refractivity contribution in [1.29, 1.82) is 0 Å². The number of aryl methyl sites for hydroxylation is 1. The van der Waals surface area contributed by atoms with Crippen molar-refractivity contribution in [3.05, 3.63) is 41.7 Å². The number of hydrogen-bond acceptors (Lipinski definition) is 4. The Bertz CT molecular complexity index is 388. The van der Waals surface area contributed by atoms with Crippen LogP contribution in [0.3, 0.4) is 0 Å². The smallest absolute Gasteiger partial charge is 0.334 e. The number of carbonyl (C=O) groups excluding carboxylic acids is 1. The Morgan fingerprint density at radius 1 is 1.41 bits per heavy atom. The van der Waals surface area contributed by atoms with Gasteiger partial charge in [0.25, 0.3) is 0 Å². The van der Waals surface area contributed by atoms with Crippen LogP contribution in [-0.2, 0) is 9.53 Å². The summed E-state index contributed by atoms with van der Waals surface area (Å²) in [6.07, 6.45) is 1.23. The Hall–Kier alpha value is -1.68. The van der Waals surface area contributed by atoms with Gasteiger partial charge in [-0.3, -0.25) is 0 Å². The minimum Gasteiger partial charge on any atom is -0.463 e. The van der Waals surface area contributed by atoms with Gasteiger partial charge in [0.05, 0.1) is 12.7 Å². The number of halogens is 1. The molecule has 0 unspecified atom stereocenters. The van der Waals surface area contributed by atoms with Gasteiger partial charge in [0.1, 0.15) is 5.82 Å². The minimum atomic E-state index is -0.445. The molecule has 1 aromatic carbocycles. The maximum atomic E-state index is 11.1. The summed E-state index contributed by atoms with van der Waals surface area (Å²) in [5.74, 6) is -0.179. The van der Waals surface area contributed by atoms with Crippen molar-refractivity contribution in [2.45, 2.75) is 13.8 Å². The highest BCUT2D eigenvalue weighted by atomic mass is 35.5. The van der Waals surface area contributed by atoms with Crippen LogP contribution in [-0.4, -0.2) is 12.6 Å². The summed E-state index contributed by atoms with van der Waals surface area (Å²) >= 11 is 0.